The van der Waals surface area contributed by atoms with Crippen molar-refractivity contribution < 1.29 is 4.74 Å². The molecule has 0 heterocycles. The van der Waals surface area contributed by atoms with Crippen molar-refractivity contribution in [2.75, 3.05) is 6.61 Å². The monoisotopic (exact) mass is 233 g/mol. The first-order valence-electron chi connectivity index (χ1n) is 6.78. The maximum Gasteiger partial charge on any atom is 0.119 e. The molecule has 1 aliphatic rings. The standard InChI is InChI=1S/C15H23NO/c16-14-8-4-6-13(12-14)7-5-11-17-15-9-2-1-3-10-15/h1-3,9-10,13-14H,4-8,11-12,16H2. The van der Waals surface area contributed by atoms with Crippen LogP contribution in [-0.4, -0.2) is 12.6 Å². The number of para-hydroxylation sites is 1. The zero-order valence-corrected chi connectivity index (χ0v) is 10.5. The molecule has 0 bridgehead atoms. The Kier molecular flexibility index (Phi) is 4.87. The Balaban J connectivity index is 1.60. The van der Waals surface area contributed by atoms with Gasteiger partial charge in [-0.2, -0.15) is 0 Å². The Morgan fingerprint density at radius 1 is 1.18 bits per heavy atom. The van der Waals surface area contributed by atoms with E-state index in [2.05, 4.69) is 0 Å². The third-order valence-electron chi connectivity index (χ3n) is 3.59. The Morgan fingerprint density at radius 3 is 2.76 bits per heavy atom. The number of hydrogen-bond donors (Lipinski definition) is 1. The summed E-state index contributed by atoms with van der Waals surface area (Å²) < 4.78 is 5.69. The zero-order chi connectivity index (χ0) is 11.9. The van der Waals surface area contributed by atoms with Crippen LogP contribution in [0, 0.1) is 5.92 Å². The van der Waals surface area contributed by atoms with Gasteiger partial charge in [0.05, 0.1) is 6.61 Å². The summed E-state index contributed by atoms with van der Waals surface area (Å²) in [4.78, 5) is 0. The van der Waals surface area contributed by atoms with Crippen LogP contribution in [-0.2, 0) is 0 Å². The van der Waals surface area contributed by atoms with E-state index in [1.807, 2.05) is 30.3 Å². The van der Waals surface area contributed by atoms with Crippen LogP contribution in [0.1, 0.15) is 38.5 Å². The van der Waals surface area contributed by atoms with E-state index in [0.29, 0.717) is 6.04 Å². The van der Waals surface area contributed by atoms with Gasteiger partial charge in [0.2, 0.25) is 0 Å². The van der Waals surface area contributed by atoms with Gasteiger partial charge in [-0.3, -0.25) is 0 Å². The van der Waals surface area contributed by atoms with E-state index in [4.69, 9.17) is 10.5 Å². The van der Waals surface area contributed by atoms with Crippen molar-refractivity contribution >= 4 is 0 Å². The highest BCUT2D eigenvalue weighted by Crippen LogP contribution is 2.26. The largest absolute Gasteiger partial charge is 0.494 e. The number of benzene rings is 1. The summed E-state index contributed by atoms with van der Waals surface area (Å²) in [6, 6.07) is 10.5. The van der Waals surface area contributed by atoms with Gasteiger partial charge in [0.15, 0.2) is 0 Å². The molecule has 2 N–H and O–H groups in total. The molecule has 2 heteroatoms. The molecule has 2 rings (SSSR count). The van der Waals surface area contributed by atoms with Crippen LogP contribution in [0.2, 0.25) is 0 Å². The van der Waals surface area contributed by atoms with Crippen molar-refractivity contribution in [3.63, 3.8) is 0 Å². The second-order valence-corrected chi connectivity index (χ2v) is 5.10. The van der Waals surface area contributed by atoms with E-state index in [1.54, 1.807) is 0 Å². The van der Waals surface area contributed by atoms with Crippen LogP contribution < -0.4 is 10.5 Å². The lowest BCUT2D eigenvalue weighted by atomic mass is 9.83. The topological polar surface area (TPSA) is 35.2 Å². The molecule has 0 saturated heterocycles. The fourth-order valence-electron chi connectivity index (χ4n) is 2.67. The molecule has 0 radical (unpaired) electrons. The summed E-state index contributed by atoms with van der Waals surface area (Å²) in [6.07, 6.45) is 7.51. The summed E-state index contributed by atoms with van der Waals surface area (Å²) in [7, 11) is 0. The molecule has 1 saturated carbocycles. The molecular formula is C15H23NO. The fourth-order valence-corrected chi connectivity index (χ4v) is 2.67. The average Bonchev–Trinajstić information content (AvgIpc) is 2.36. The van der Waals surface area contributed by atoms with Gasteiger partial charge in [-0.15, -0.1) is 0 Å². The molecule has 94 valence electrons. The SMILES string of the molecule is NC1CCCC(CCCOc2ccccc2)C1. The summed E-state index contributed by atoms with van der Waals surface area (Å²) >= 11 is 0. The van der Waals surface area contributed by atoms with Gasteiger partial charge < -0.3 is 10.5 Å². The van der Waals surface area contributed by atoms with Crippen LogP contribution in [0.5, 0.6) is 5.75 Å². The molecule has 1 aromatic rings. The second kappa shape index (κ2) is 6.65. The Bertz CT molecular complexity index is 312. The van der Waals surface area contributed by atoms with Crippen molar-refractivity contribution in [3.05, 3.63) is 30.3 Å². The van der Waals surface area contributed by atoms with Crippen molar-refractivity contribution in [1.82, 2.24) is 0 Å². The van der Waals surface area contributed by atoms with Crippen LogP contribution >= 0.6 is 0 Å². The third-order valence-corrected chi connectivity index (χ3v) is 3.59. The summed E-state index contributed by atoms with van der Waals surface area (Å²) in [5.41, 5.74) is 5.99. The minimum atomic E-state index is 0.448. The van der Waals surface area contributed by atoms with Crippen LogP contribution in [0.3, 0.4) is 0 Å². The first-order valence-corrected chi connectivity index (χ1v) is 6.78. The first-order chi connectivity index (χ1) is 8.34. The molecule has 1 aromatic carbocycles. The van der Waals surface area contributed by atoms with E-state index in [-0.39, 0.29) is 0 Å². The Morgan fingerprint density at radius 2 is 2.00 bits per heavy atom. The quantitative estimate of drug-likeness (QED) is 0.791. The predicted octanol–water partition coefficient (Wildman–Crippen LogP) is 3.36. The Labute approximate surface area is 104 Å². The lowest BCUT2D eigenvalue weighted by Gasteiger charge is -2.26. The van der Waals surface area contributed by atoms with Crippen LogP contribution in [0.4, 0.5) is 0 Å². The predicted molar refractivity (Wildman–Crippen MR) is 71.1 cm³/mol. The Hall–Kier alpha value is -1.02. The molecule has 0 spiro atoms. The van der Waals surface area contributed by atoms with Crippen molar-refractivity contribution in [2.45, 2.75) is 44.6 Å². The van der Waals surface area contributed by atoms with Crippen molar-refractivity contribution in [2.24, 2.45) is 11.7 Å². The van der Waals surface area contributed by atoms with E-state index >= 15 is 0 Å². The van der Waals surface area contributed by atoms with E-state index in [1.165, 1.54) is 32.1 Å². The highest BCUT2D eigenvalue weighted by Gasteiger charge is 2.18. The molecule has 0 amide bonds. The van der Waals surface area contributed by atoms with Crippen molar-refractivity contribution in [3.8, 4) is 5.75 Å². The number of rotatable bonds is 5. The third kappa shape index (κ3) is 4.39. The maximum absolute atomic E-state index is 5.99. The highest BCUT2D eigenvalue weighted by molar-refractivity contribution is 5.20. The molecule has 2 atom stereocenters. The first kappa shape index (κ1) is 12.4. The molecule has 17 heavy (non-hydrogen) atoms. The summed E-state index contributed by atoms with van der Waals surface area (Å²) in [5, 5.41) is 0. The maximum atomic E-state index is 5.99. The van der Waals surface area contributed by atoms with Gasteiger partial charge in [0.1, 0.15) is 5.75 Å². The zero-order valence-electron chi connectivity index (χ0n) is 10.5. The lowest BCUT2D eigenvalue weighted by Crippen LogP contribution is -2.27. The van der Waals surface area contributed by atoms with E-state index in [9.17, 15) is 0 Å². The molecule has 2 unspecified atom stereocenters. The van der Waals surface area contributed by atoms with Gasteiger partial charge >= 0.3 is 0 Å². The molecule has 0 aromatic heterocycles. The van der Waals surface area contributed by atoms with Crippen LogP contribution in [0.25, 0.3) is 0 Å². The highest BCUT2D eigenvalue weighted by atomic mass is 16.5. The van der Waals surface area contributed by atoms with Gasteiger partial charge in [0.25, 0.3) is 0 Å². The van der Waals surface area contributed by atoms with Gasteiger partial charge in [0, 0.05) is 6.04 Å². The van der Waals surface area contributed by atoms with Gasteiger partial charge in [-0.25, -0.2) is 0 Å². The van der Waals surface area contributed by atoms with Crippen LogP contribution in [0.15, 0.2) is 30.3 Å². The fraction of sp³-hybridized carbons (Fsp3) is 0.600. The van der Waals surface area contributed by atoms with Gasteiger partial charge in [-0.1, -0.05) is 31.0 Å². The molecule has 1 aliphatic carbocycles. The minimum Gasteiger partial charge on any atom is -0.494 e. The molecule has 0 aliphatic heterocycles. The van der Waals surface area contributed by atoms with Crippen molar-refractivity contribution in [1.29, 1.82) is 0 Å². The molecule has 2 nitrogen and oxygen atoms in total. The minimum absolute atomic E-state index is 0.448. The molecular weight excluding hydrogens is 210 g/mol. The van der Waals surface area contributed by atoms with E-state index < -0.39 is 0 Å². The van der Waals surface area contributed by atoms with E-state index in [0.717, 1.165) is 24.7 Å². The number of hydrogen-bond acceptors (Lipinski definition) is 2. The second-order valence-electron chi connectivity index (χ2n) is 5.10. The smallest absolute Gasteiger partial charge is 0.119 e. The normalized spacial score (nSPS) is 24.5. The molecule has 1 fully saturated rings. The van der Waals surface area contributed by atoms with Gasteiger partial charge in [-0.05, 0) is 43.7 Å². The number of ether oxygens (including phenoxy) is 1. The summed E-state index contributed by atoms with van der Waals surface area (Å²) in [6.45, 7) is 0.829. The number of nitrogens with two attached hydrogens (primary N) is 1. The lowest BCUT2D eigenvalue weighted by molar-refractivity contribution is 0.258. The summed E-state index contributed by atoms with van der Waals surface area (Å²) in [5.74, 6) is 1.81. The average molecular weight is 233 g/mol.